The molecule has 0 bridgehead atoms. The van der Waals surface area contributed by atoms with Crippen molar-refractivity contribution >= 4 is 5.91 Å². The van der Waals surface area contributed by atoms with Crippen molar-refractivity contribution < 1.29 is 19.0 Å². The molecule has 0 aromatic heterocycles. The Bertz CT molecular complexity index is 529. The van der Waals surface area contributed by atoms with Crippen molar-refractivity contribution in [2.24, 2.45) is 11.3 Å². The number of amides is 1. The van der Waals surface area contributed by atoms with E-state index in [1.54, 1.807) is 12.1 Å². The maximum atomic E-state index is 13.6. The molecule has 0 fully saturated rings. The van der Waals surface area contributed by atoms with Gasteiger partial charge in [0, 0.05) is 18.4 Å². The Hall–Kier alpha value is -1.62. The summed E-state index contributed by atoms with van der Waals surface area (Å²) in [5, 5.41) is 13.0. The van der Waals surface area contributed by atoms with Crippen LogP contribution in [0.25, 0.3) is 0 Å². The lowest BCUT2D eigenvalue weighted by Gasteiger charge is -2.33. The smallest absolute Gasteiger partial charge is 0.220 e. The van der Waals surface area contributed by atoms with E-state index in [2.05, 4.69) is 5.32 Å². The van der Waals surface area contributed by atoms with E-state index in [-0.39, 0.29) is 24.0 Å². The third kappa shape index (κ3) is 5.82. The highest BCUT2D eigenvalue weighted by Crippen LogP contribution is 2.25. The maximum Gasteiger partial charge on any atom is 0.220 e. The fourth-order valence-corrected chi connectivity index (χ4v) is 2.54. The summed E-state index contributed by atoms with van der Waals surface area (Å²) in [5.41, 5.74) is 0.357. The van der Waals surface area contributed by atoms with Gasteiger partial charge in [0.05, 0.1) is 13.2 Å². The summed E-state index contributed by atoms with van der Waals surface area (Å²) < 4.78 is 18.5. The summed E-state index contributed by atoms with van der Waals surface area (Å²) in [6.07, 6.45) is 0.248. The van der Waals surface area contributed by atoms with Crippen LogP contribution in [0, 0.1) is 17.2 Å². The normalized spacial score (nSPS) is 13.0. The zero-order chi connectivity index (χ0) is 17.6. The molecule has 0 saturated heterocycles. The minimum atomic E-state index is -0.488. The second-order valence-electron chi connectivity index (χ2n) is 6.92. The quantitative estimate of drug-likeness (QED) is 0.772. The predicted octanol–water partition coefficient (Wildman–Crippen LogP) is 2.93. The van der Waals surface area contributed by atoms with Crippen molar-refractivity contribution in [2.75, 3.05) is 13.7 Å². The first kappa shape index (κ1) is 19.4. The van der Waals surface area contributed by atoms with Gasteiger partial charge < -0.3 is 15.2 Å². The number of aliphatic hydroxyl groups excluding tert-OH is 1. The number of ether oxygens (including phenoxy) is 1. The molecule has 1 unspecified atom stereocenters. The van der Waals surface area contributed by atoms with Crippen LogP contribution in [0.5, 0.6) is 5.75 Å². The number of halogens is 1. The Labute approximate surface area is 138 Å². The first-order valence-electron chi connectivity index (χ1n) is 7.94. The molecule has 1 aromatic carbocycles. The van der Waals surface area contributed by atoms with Gasteiger partial charge in [-0.05, 0) is 30.0 Å². The van der Waals surface area contributed by atoms with Crippen LogP contribution in [0.3, 0.4) is 0 Å². The largest absolute Gasteiger partial charge is 0.494 e. The number of methoxy groups -OCH3 is 1. The minimum absolute atomic E-state index is 0.106. The molecule has 0 aliphatic carbocycles. The number of aliphatic hydroxyl groups is 1. The topological polar surface area (TPSA) is 58.6 Å². The SMILES string of the molecule is COc1ccc(CCC(=O)NCC(C)(C)C(O)C(C)C)cc1F. The fourth-order valence-electron chi connectivity index (χ4n) is 2.54. The Morgan fingerprint density at radius 1 is 1.39 bits per heavy atom. The summed E-state index contributed by atoms with van der Waals surface area (Å²) in [6.45, 7) is 8.16. The van der Waals surface area contributed by atoms with E-state index < -0.39 is 17.3 Å². The van der Waals surface area contributed by atoms with Gasteiger partial charge in [-0.15, -0.1) is 0 Å². The summed E-state index contributed by atoms with van der Waals surface area (Å²) in [4.78, 5) is 12.0. The first-order valence-corrected chi connectivity index (χ1v) is 7.94. The first-order chi connectivity index (χ1) is 10.7. The van der Waals surface area contributed by atoms with Crippen LogP contribution < -0.4 is 10.1 Å². The molecule has 5 heteroatoms. The number of hydrogen-bond donors (Lipinski definition) is 2. The molecule has 130 valence electrons. The van der Waals surface area contributed by atoms with Gasteiger partial charge >= 0.3 is 0 Å². The Balaban J connectivity index is 2.47. The second kappa shape index (κ2) is 8.29. The molecular formula is C18H28FNO3. The Kier molecular flexibility index (Phi) is 7.01. The molecule has 2 N–H and O–H groups in total. The Morgan fingerprint density at radius 2 is 2.04 bits per heavy atom. The van der Waals surface area contributed by atoms with E-state index in [0.717, 1.165) is 5.56 Å². The van der Waals surface area contributed by atoms with Crippen molar-refractivity contribution in [1.82, 2.24) is 5.32 Å². The molecule has 0 aliphatic heterocycles. The number of carbonyl (C=O) groups excluding carboxylic acids is 1. The van der Waals surface area contributed by atoms with Crippen molar-refractivity contribution in [3.8, 4) is 5.75 Å². The van der Waals surface area contributed by atoms with Crippen molar-refractivity contribution in [3.05, 3.63) is 29.6 Å². The summed E-state index contributed by atoms with van der Waals surface area (Å²) in [7, 11) is 1.42. The van der Waals surface area contributed by atoms with Crippen LogP contribution in [-0.4, -0.2) is 30.8 Å². The standard InChI is InChI=1S/C18H28FNO3/c1-12(2)17(22)18(3,4)11-20-16(21)9-7-13-6-8-15(23-5)14(19)10-13/h6,8,10,12,17,22H,7,9,11H2,1-5H3,(H,20,21). The molecular weight excluding hydrogens is 297 g/mol. The molecule has 0 aliphatic rings. The average Bonchev–Trinajstić information content (AvgIpc) is 2.50. The number of benzene rings is 1. The molecule has 0 heterocycles. The molecule has 1 aromatic rings. The van der Waals surface area contributed by atoms with Gasteiger partial charge in [0.25, 0.3) is 0 Å². The van der Waals surface area contributed by atoms with Crippen LogP contribution >= 0.6 is 0 Å². The van der Waals surface area contributed by atoms with Gasteiger partial charge in [0.2, 0.25) is 5.91 Å². The van der Waals surface area contributed by atoms with Crippen LogP contribution in [0.15, 0.2) is 18.2 Å². The molecule has 1 atom stereocenters. The lowest BCUT2D eigenvalue weighted by atomic mass is 9.80. The summed E-state index contributed by atoms with van der Waals surface area (Å²) in [5.74, 6) is -0.205. The average molecular weight is 325 g/mol. The highest BCUT2D eigenvalue weighted by Gasteiger charge is 2.30. The molecule has 0 spiro atoms. The van der Waals surface area contributed by atoms with Crippen LogP contribution in [0.1, 0.15) is 39.7 Å². The third-order valence-electron chi connectivity index (χ3n) is 4.03. The third-order valence-corrected chi connectivity index (χ3v) is 4.03. The zero-order valence-electron chi connectivity index (χ0n) is 14.6. The number of nitrogens with one attached hydrogen (secondary N) is 1. The number of hydrogen-bond acceptors (Lipinski definition) is 3. The maximum absolute atomic E-state index is 13.6. The van der Waals surface area contributed by atoms with Gasteiger partial charge in [-0.25, -0.2) is 4.39 Å². The molecule has 0 saturated carbocycles. The van der Waals surface area contributed by atoms with Crippen LogP contribution in [0.4, 0.5) is 4.39 Å². The van der Waals surface area contributed by atoms with E-state index in [4.69, 9.17) is 4.74 Å². The molecule has 1 amide bonds. The lowest BCUT2D eigenvalue weighted by molar-refractivity contribution is -0.122. The van der Waals surface area contributed by atoms with Gasteiger partial charge in [-0.2, -0.15) is 0 Å². The summed E-state index contributed by atoms with van der Waals surface area (Å²) in [6, 6.07) is 4.70. The lowest BCUT2D eigenvalue weighted by Crippen LogP contribution is -2.43. The van der Waals surface area contributed by atoms with Gasteiger partial charge in [0.1, 0.15) is 0 Å². The van der Waals surface area contributed by atoms with Gasteiger partial charge in [-0.3, -0.25) is 4.79 Å². The van der Waals surface area contributed by atoms with Crippen molar-refractivity contribution in [2.45, 2.75) is 46.6 Å². The number of rotatable bonds is 8. The molecule has 23 heavy (non-hydrogen) atoms. The monoisotopic (exact) mass is 325 g/mol. The van der Waals surface area contributed by atoms with Gasteiger partial charge in [-0.1, -0.05) is 33.8 Å². The van der Waals surface area contributed by atoms with Gasteiger partial charge in [0.15, 0.2) is 11.6 Å². The molecule has 0 radical (unpaired) electrons. The minimum Gasteiger partial charge on any atom is -0.494 e. The van der Waals surface area contributed by atoms with Crippen molar-refractivity contribution in [1.29, 1.82) is 0 Å². The van der Waals surface area contributed by atoms with Crippen molar-refractivity contribution in [3.63, 3.8) is 0 Å². The molecule has 4 nitrogen and oxygen atoms in total. The van der Waals surface area contributed by atoms with E-state index in [1.165, 1.54) is 13.2 Å². The zero-order valence-corrected chi connectivity index (χ0v) is 14.6. The highest BCUT2D eigenvalue weighted by molar-refractivity contribution is 5.76. The van der Waals surface area contributed by atoms with Crippen LogP contribution in [0.2, 0.25) is 0 Å². The number of carbonyl (C=O) groups is 1. The number of aryl methyl sites for hydroxylation is 1. The fraction of sp³-hybridized carbons (Fsp3) is 0.611. The molecule has 1 rings (SSSR count). The van der Waals surface area contributed by atoms with E-state index >= 15 is 0 Å². The Morgan fingerprint density at radius 3 is 2.57 bits per heavy atom. The second-order valence-corrected chi connectivity index (χ2v) is 6.92. The van der Waals surface area contributed by atoms with Crippen LogP contribution in [-0.2, 0) is 11.2 Å². The highest BCUT2D eigenvalue weighted by atomic mass is 19.1. The van der Waals surface area contributed by atoms with E-state index in [1.807, 2.05) is 27.7 Å². The predicted molar refractivity (Wildman–Crippen MR) is 88.9 cm³/mol. The van der Waals surface area contributed by atoms with E-state index in [0.29, 0.717) is 13.0 Å². The summed E-state index contributed by atoms with van der Waals surface area (Å²) >= 11 is 0. The van der Waals surface area contributed by atoms with E-state index in [9.17, 15) is 14.3 Å².